The molecule has 7 heteroatoms. The lowest BCUT2D eigenvalue weighted by Crippen LogP contribution is -2.37. The number of likely N-dealkylation sites (N-methyl/N-ethyl adjacent to an activating group) is 1. The summed E-state index contributed by atoms with van der Waals surface area (Å²) >= 11 is 0. The Hall–Kier alpha value is -1.89. The number of pyridine rings is 1. The Morgan fingerprint density at radius 2 is 2.10 bits per heavy atom. The van der Waals surface area contributed by atoms with E-state index in [1.165, 1.54) is 6.42 Å². The number of nitrogens with zero attached hydrogens (tertiary/aromatic N) is 4. The van der Waals surface area contributed by atoms with Crippen molar-refractivity contribution >= 4 is 17.3 Å². The summed E-state index contributed by atoms with van der Waals surface area (Å²) in [4.78, 5) is 19.9. The fourth-order valence-electron chi connectivity index (χ4n) is 3.46. The van der Waals surface area contributed by atoms with Gasteiger partial charge in [0.15, 0.2) is 0 Å². The van der Waals surface area contributed by atoms with Crippen molar-refractivity contribution in [1.82, 2.24) is 9.88 Å². The van der Waals surface area contributed by atoms with E-state index in [1.807, 2.05) is 0 Å². The van der Waals surface area contributed by atoms with Crippen LogP contribution in [0.25, 0.3) is 0 Å². The van der Waals surface area contributed by atoms with Crippen LogP contribution in [-0.4, -0.2) is 54.1 Å². The number of hydrogen-bond acceptors (Lipinski definition) is 6. The minimum Gasteiger partial charge on any atom is -0.373 e. The first-order valence-electron chi connectivity index (χ1n) is 7.40. The lowest BCUT2D eigenvalue weighted by Gasteiger charge is -2.26. The fraction of sp³-hybridized carbons (Fsp3) is 0.643. The van der Waals surface area contributed by atoms with Crippen molar-refractivity contribution in [2.75, 3.05) is 37.4 Å². The van der Waals surface area contributed by atoms with E-state index in [1.54, 1.807) is 19.2 Å². The Morgan fingerprint density at radius 3 is 2.81 bits per heavy atom. The highest BCUT2D eigenvalue weighted by molar-refractivity contribution is 5.62. The van der Waals surface area contributed by atoms with Crippen molar-refractivity contribution < 1.29 is 4.92 Å². The van der Waals surface area contributed by atoms with Gasteiger partial charge in [-0.1, -0.05) is 0 Å². The Kier molecular flexibility index (Phi) is 3.67. The van der Waals surface area contributed by atoms with Crippen molar-refractivity contribution in [3.8, 4) is 0 Å². The summed E-state index contributed by atoms with van der Waals surface area (Å²) < 4.78 is 0. The molecule has 1 aromatic rings. The van der Waals surface area contributed by atoms with E-state index in [2.05, 4.69) is 27.1 Å². The molecule has 0 aromatic carbocycles. The third-order valence-corrected chi connectivity index (χ3v) is 4.76. The molecule has 114 valence electrons. The van der Waals surface area contributed by atoms with Crippen LogP contribution in [0.3, 0.4) is 0 Å². The number of hydrogen-bond donors (Lipinski definition) is 1. The standard InChI is InChI=1S/C14H21N5O2/c1-15-13-6-5-12(19(20)21)14(16-13)18-8-7-10-3-4-11(9-18)17(10)2/h5-6,10-11H,3-4,7-9H2,1-2H3,(H,15,16). The molecule has 0 spiro atoms. The van der Waals surface area contributed by atoms with Gasteiger partial charge in [-0.05, 0) is 32.4 Å². The Morgan fingerprint density at radius 1 is 1.33 bits per heavy atom. The Bertz CT molecular complexity index is 550. The van der Waals surface area contributed by atoms with Gasteiger partial charge in [-0.15, -0.1) is 0 Å². The summed E-state index contributed by atoms with van der Waals surface area (Å²) in [6.07, 6.45) is 3.44. The van der Waals surface area contributed by atoms with Crippen molar-refractivity contribution in [2.45, 2.75) is 31.3 Å². The van der Waals surface area contributed by atoms with Gasteiger partial charge in [0.05, 0.1) is 4.92 Å². The van der Waals surface area contributed by atoms with Gasteiger partial charge in [0.2, 0.25) is 5.82 Å². The highest BCUT2D eigenvalue weighted by atomic mass is 16.6. The summed E-state index contributed by atoms with van der Waals surface area (Å²) in [6.45, 7) is 1.64. The summed E-state index contributed by atoms with van der Waals surface area (Å²) in [7, 11) is 3.94. The zero-order valence-electron chi connectivity index (χ0n) is 12.5. The highest BCUT2D eigenvalue weighted by Gasteiger charge is 2.36. The monoisotopic (exact) mass is 291 g/mol. The van der Waals surface area contributed by atoms with E-state index < -0.39 is 0 Å². The number of nitrogens with one attached hydrogen (secondary N) is 1. The van der Waals surface area contributed by atoms with Gasteiger partial charge in [0.25, 0.3) is 0 Å². The summed E-state index contributed by atoms with van der Waals surface area (Å²) in [6, 6.07) is 4.27. The quantitative estimate of drug-likeness (QED) is 0.675. The number of rotatable bonds is 3. The minimum atomic E-state index is -0.339. The van der Waals surface area contributed by atoms with E-state index in [9.17, 15) is 10.1 Å². The molecule has 0 aliphatic carbocycles. The predicted molar refractivity (Wildman–Crippen MR) is 81.8 cm³/mol. The zero-order chi connectivity index (χ0) is 15.0. The minimum absolute atomic E-state index is 0.0921. The molecule has 3 heterocycles. The smallest absolute Gasteiger partial charge is 0.311 e. The normalized spacial score (nSPS) is 25.7. The molecule has 3 rings (SSSR count). The van der Waals surface area contributed by atoms with Crippen LogP contribution in [0.1, 0.15) is 19.3 Å². The summed E-state index contributed by atoms with van der Waals surface area (Å²) in [5, 5.41) is 14.2. The molecule has 21 heavy (non-hydrogen) atoms. The molecule has 0 amide bonds. The van der Waals surface area contributed by atoms with E-state index in [0.29, 0.717) is 23.7 Å². The summed E-state index contributed by atoms with van der Waals surface area (Å²) in [5.41, 5.74) is 0.0921. The predicted octanol–water partition coefficient (Wildman–Crippen LogP) is 1.70. The Labute approximate surface area is 124 Å². The highest BCUT2D eigenvalue weighted by Crippen LogP contribution is 2.34. The van der Waals surface area contributed by atoms with Crippen LogP contribution in [0.15, 0.2) is 12.1 Å². The maximum Gasteiger partial charge on any atom is 0.311 e. The fourth-order valence-corrected chi connectivity index (χ4v) is 3.46. The average Bonchev–Trinajstić information content (AvgIpc) is 2.71. The maximum atomic E-state index is 11.3. The zero-order valence-corrected chi connectivity index (χ0v) is 12.5. The van der Waals surface area contributed by atoms with Gasteiger partial charge in [-0.2, -0.15) is 0 Å². The van der Waals surface area contributed by atoms with E-state index in [0.717, 1.165) is 25.9 Å². The molecule has 1 aromatic heterocycles. The molecule has 2 unspecified atom stereocenters. The van der Waals surface area contributed by atoms with Gasteiger partial charge < -0.3 is 10.2 Å². The number of anilines is 2. The van der Waals surface area contributed by atoms with E-state index in [4.69, 9.17) is 0 Å². The molecule has 7 nitrogen and oxygen atoms in total. The molecule has 2 bridgehead atoms. The topological polar surface area (TPSA) is 74.5 Å². The molecular weight excluding hydrogens is 270 g/mol. The van der Waals surface area contributed by atoms with Gasteiger partial charge in [0, 0.05) is 38.3 Å². The van der Waals surface area contributed by atoms with Gasteiger partial charge in [-0.3, -0.25) is 15.0 Å². The summed E-state index contributed by atoms with van der Waals surface area (Å²) in [5.74, 6) is 1.16. The van der Waals surface area contributed by atoms with E-state index in [-0.39, 0.29) is 10.6 Å². The molecule has 2 atom stereocenters. The third-order valence-electron chi connectivity index (χ3n) is 4.76. The van der Waals surface area contributed by atoms with Gasteiger partial charge >= 0.3 is 5.69 Å². The van der Waals surface area contributed by atoms with Crippen molar-refractivity contribution in [3.05, 3.63) is 22.2 Å². The molecule has 2 fully saturated rings. The van der Waals surface area contributed by atoms with Crippen LogP contribution >= 0.6 is 0 Å². The van der Waals surface area contributed by atoms with Crippen molar-refractivity contribution in [2.24, 2.45) is 0 Å². The van der Waals surface area contributed by atoms with Crippen LogP contribution in [-0.2, 0) is 0 Å². The van der Waals surface area contributed by atoms with Crippen LogP contribution < -0.4 is 10.2 Å². The Balaban J connectivity index is 1.93. The van der Waals surface area contributed by atoms with Crippen LogP contribution in [0.2, 0.25) is 0 Å². The number of nitro groups is 1. The van der Waals surface area contributed by atoms with E-state index >= 15 is 0 Å². The first-order chi connectivity index (χ1) is 10.1. The number of aromatic nitrogens is 1. The SMILES string of the molecule is CNc1ccc([N+](=O)[O-])c(N2CCC3CCC(C2)N3C)n1. The molecule has 2 aliphatic rings. The number of fused-ring (bicyclic) bond motifs is 2. The maximum absolute atomic E-state index is 11.3. The first-order valence-corrected chi connectivity index (χ1v) is 7.40. The van der Waals surface area contributed by atoms with Crippen molar-refractivity contribution in [1.29, 1.82) is 0 Å². The molecule has 0 radical (unpaired) electrons. The average molecular weight is 291 g/mol. The van der Waals surface area contributed by atoms with Crippen LogP contribution in [0.4, 0.5) is 17.3 Å². The third kappa shape index (κ3) is 2.53. The lowest BCUT2D eigenvalue weighted by molar-refractivity contribution is -0.384. The molecule has 2 saturated heterocycles. The first kappa shape index (κ1) is 14.1. The molecule has 2 aliphatic heterocycles. The second kappa shape index (κ2) is 5.48. The molecular formula is C14H21N5O2. The largest absolute Gasteiger partial charge is 0.373 e. The second-order valence-corrected chi connectivity index (χ2v) is 5.83. The van der Waals surface area contributed by atoms with Crippen LogP contribution in [0.5, 0.6) is 0 Å². The second-order valence-electron chi connectivity index (χ2n) is 5.83. The molecule has 0 saturated carbocycles. The molecule has 1 N–H and O–H groups in total. The van der Waals surface area contributed by atoms with Gasteiger partial charge in [-0.25, -0.2) is 4.98 Å². The lowest BCUT2D eigenvalue weighted by atomic mass is 10.1. The van der Waals surface area contributed by atoms with Crippen molar-refractivity contribution in [3.63, 3.8) is 0 Å². The van der Waals surface area contributed by atoms with Crippen LogP contribution in [0, 0.1) is 10.1 Å². The van der Waals surface area contributed by atoms with Gasteiger partial charge in [0.1, 0.15) is 5.82 Å².